The molecule has 2 aromatic rings. The molecule has 0 aromatic heterocycles. The number of nitrogen functional groups attached to an aromatic ring is 1. The molecule has 3 N–H and O–H groups in total. The molecule has 0 fully saturated rings. The van der Waals surface area contributed by atoms with E-state index >= 15 is 0 Å². The minimum atomic E-state index is -0.115. The summed E-state index contributed by atoms with van der Waals surface area (Å²) in [6.07, 6.45) is 0.334. The Morgan fingerprint density at radius 3 is 2.72 bits per heavy atom. The Morgan fingerprint density at radius 1 is 1.28 bits per heavy atom. The van der Waals surface area contributed by atoms with Gasteiger partial charge in [-0.2, -0.15) is 0 Å². The maximum Gasteiger partial charge on any atom is 0.231 e. The fourth-order valence-corrected chi connectivity index (χ4v) is 2.61. The van der Waals surface area contributed by atoms with Crippen LogP contribution in [0.2, 0.25) is 0 Å². The third-order valence-electron chi connectivity index (χ3n) is 3.97. The first-order valence-electron chi connectivity index (χ1n) is 7.69. The Labute approximate surface area is 152 Å². The third kappa shape index (κ3) is 4.28. The van der Waals surface area contributed by atoms with Crippen molar-refractivity contribution < 1.29 is 19.0 Å². The second-order valence-corrected chi connectivity index (χ2v) is 5.72. The average Bonchev–Trinajstić information content (AvgIpc) is 3.02. The molecule has 6 nitrogen and oxygen atoms in total. The highest BCUT2D eigenvalue weighted by Crippen LogP contribution is 2.38. The lowest BCUT2D eigenvalue weighted by Crippen LogP contribution is -2.15. The lowest BCUT2D eigenvalue weighted by molar-refractivity contribution is -0.116. The first-order chi connectivity index (χ1) is 11.6. The Morgan fingerprint density at radius 2 is 2.00 bits per heavy atom. The van der Waals surface area contributed by atoms with Crippen LogP contribution in [-0.4, -0.2) is 19.8 Å². The molecule has 0 radical (unpaired) electrons. The van der Waals surface area contributed by atoms with Crippen LogP contribution in [0.15, 0.2) is 36.4 Å². The van der Waals surface area contributed by atoms with Crippen molar-refractivity contribution in [3.8, 4) is 17.2 Å². The number of fused-ring (bicyclic) bond motifs is 1. The van der Waals surface area contributed by atoms with E-state index in [0.29, 0.717) is 29.3 Å². The highest BCUT2D eigenvalue weighted by molar-refractivity contribution is 5.95. The van der Waals surface area contributed by atoms with E-state index in [4.69, 9.17) is 19.9 Å². The zero-order chi connectivity index (χ0) is 17.1. The molecule has 1 heterocycles. The molecule has 1 aliphatic heterocycles. The summed E-state index contributed by atoms with van der Waals surface area (Å²) in [7, 11) is 1.62. The zero-order valence-corrected chi connectivity index (χ0v) is 14.9. The largest absolute Gasteiger partial charge is 0.497 e. The topological polar surface area (TPSA) is 82.8 Å². The smallest absolute Gasteiger partial charge is 0.231 e. The van der Waals surface area contributed by atoms with E-state index in [9.17, 15) is 4.79 Å². The molecule has 0 aliphatic carbocycles. The molecule has 0 spiro atoms. The molecule has 7 heteroatoms. The quantitative estimate of drug-likeness (QED) is 0.792. The highest BCUT2D eigenvalue weighted by atomic mass is 35.5. The number of halogens is 1. The van der Waals surface area contributed by atoms with E-state index in [1.165, 1.54) is 0 Å². The third-order valence-corrected chi connectivity index (χ3v) is 3.97. The molecular weight excluding hydrogens is 344 g/mol. The second-order valence-electron chi connectivity index (χ2n) is 5.72. The lowest BCUT2D eigenvalue weighted by Gasteiger charge is -2.14. The van der Waals surface area contributed by atoms with Gasteiger partial charge >= 0.3 is 0 Å². The van der Waals surface area contributed by atoms with Gasteiger partial charge in [0.1, 0.15) is 5.75 Å². The summed E-state index contributed by atoms with van der Waals surface area (Å²) < 4.78 is 15.8. The summed E-state index contributed by atoms with van der Waals surface area (Å²) in [6, 6.07) is 11.1. The van der Waals surface area contributed by atoms with Gasteiger partial charge < -0.3 is 25.3 Å². The standard InChI is InChI=1S/C18H20N2O4.ClH/c1-11(12-4-3-5-13(7-12)22-2)6-18(21)20-15-9-17-16(8-14(15)19)23-10-24-17;/h3-5,7-9,11H,6,10,19H2,1-2H3,(H,20,21);1H. The van der Waals surface area contributed by atoms with Crippen molar-refractivity contribution in [2.45, 2.75) is 19.3 Å². The van der Waals surface area contributed by atoms with Gasteiger partial charge in [0.2, 0.25) is 12.7 Å². The predicted molar refractivity (Wildman–Crippen MR) is 98.9 cm³/mol. The number of anilines is 2. The molecule has 2 aromatic carbocycles. The molecule has 3 rings (SSSR count). The second kappa shape index (κ2) is 7.98. The molecule has 25 heavy (non-hydrogen) atoms. The van der Waals surface area contributed by atoms with Crippen molar-refractivity contribution in [3.63, 3.8) is 0 Å². The first kappa shape index (κ1) is 18.7. The Bertz CT molecular complexity index is 767. The Hall–Kier alpha value is -2.60. The van der Waals surface area contributed by atoms with Crippen LogP contribution in [0.1, 0.15) is 24.8 Å². The monoisotopic (exact) mass is 364 g/mol. The van der Waals surface area contributed by atoms with Crippen molar-refractivity contribution in [1.82, 2.24) is 0 Å². The highest BCUT2D eigenvalue weighted by Gasteiger charge is 2.18. The van der Waals surface area contributed by atoms with Crippen LogP contribution < -0.4 is 25.3 Å². The SMILES string of the molecule is COc1cccc(C(C)CC(=O)Nc2cc3c(cc2N)OCO3)c1.Cl. The van der Waals surface area contributed by atoms with Crippen molar-refractivity contribution in [2.24, 2.45) is 0 Å². The minimum Gasteiger partial charge on any atom is -0.497 e. The molecule has 1 amide bonds. The van der Waals surface area contributed by atoms with Gasteiger partial charge in [-0.05, 0) is 23.6 Å². The number of rotatable bonds is 5. The molecular formula is C18H21ClN2O4. The van der Waals surface area contributed by atoms with E-state index in [-0.39, 0.29) is 31.0 Å². The van der Waals surface area contributed by atoms with E-state index in [1.807, 2.05) is 31.2 Å². The number of amides is 1. The molecule has 134 valence electrons. The molecule has 1 atom stereocenters. The average molecular weight is 365 g/mol. The minimum absolute atomic E-state index is 0. The van der Waals surface area contributed by atoms with E-state index in [2.05, 4.69) is 5.32 Å². The molecule has 0 bridgehead atoms. The molecule has 1 aliphatic rings. The lowest BCUT2D eigenvalue weighted by atomic mass is 9.97. The number of methoxy groups -OCH3 is 1. The summed E-state index contributed by atoms with van der Waals surface area (Å²) in [5.74, 6) is 1.89. The number of carbonyl (C=O) groups is 1. The molecule has 0 saturated heterocycles. The van der Waals surface area contributed by atoms with Gasteiger partial charge in [-0.3, -0.25) is 4.79 Å². The normalized spacial score (nSPS) is 12.9. The van der Waals surface area contributed by atoms with Crippen molar-refractivity contribution in [2.75, 3.05) is 25.0 Å². The van der Waals surface area contributed by atoms with Crippen LogP contribution in [0, 0.1) is 0 Å². The van der Waals surface area contributed by atoms with Crippen molar-refractivity contribution in [1.29, 1.82) is 0 Å². The van der Waals surface area contributed by atoms with Gasteiger partial charge in [0.25, 0.3) is 0 Å². The number of nitrogens with one attached hydrogen (secondary N) is 1. The maximum absolute atomic E-state index is 12.3. The van der Waals surface area contributed by atoms with E-state index in [0.717, 1.165) is 11.3 Å². The fraction of sp³-hybridized carbons (Fsp3) is 0.278. The zero-order valence-electron chi connectivity index (χ0n) is 14.1. The number of hydrogen-bond acceptors (Lipinski definition) is 5. The number of ether oxygens (including phenoxy) is 3. The number of hydrogen-bond donors (Lipinski definition) is 2. The van der Waals surface area contributed by atoms with Crippen molar-refractivity contribution in [3.05, 3.63) is 42.0 Å². The maximum atomic E-state index is 12.3. The van der Waals surface area contributed by atoms with Crippen LogP contribution >= 0.6 is 12.4 Å². The summed E-state index contributed by atoms with van der Waals surface area (Å²) in [6.45, 7) is 2.16. The van der Waals surface area contributed by atoms with Gasteiger partial charge in [0.15, 0.2) is 11.5 Å². The van der Waals surface area contributed by atoms with Crippen LogP contribution in [0.4, 0.5) is 11.4 Å². The van der Waals surface area contributed by atoms with Gasteiger partial charge in [-0.1, -0.05) is 19.1 Å². The number of benzene rings is 2. The fourth-order valence-electron chi connectivity index (χ4n) is 2.61. The van der Waals surface area contributed by atoms with Gasteiger partial charge in [-0.25, -0.2) is 0 Å². The van der Waals surface area contributed by atoms with E-state index < -0.39 is 0 Å². The molecule has 1 unspecified atom stereocenters. The van der Waals surface area contributed by atoms with Crippen LogP contribution in [0.25, 0.3) is 0 Å². The molecule has 0 saturated carbocycles. The number of carbonyl (C=O) groups excluding carboxylic acids is 1. The van der Waals surface area contributed by atoms with Crippen molar-refractivity contribution >= 4 is 29.7 Å². The summed E-state index contributed by atoms with van der Waals surface area (Å²) >= 11 is 0. The van der Waals surface area contributed by atoms with E-state index in [1.54, 1.807) is 19.2 Å². The Kier molecular flexibility index (Phi) is 5.98. The summed E-state index contributed by atoms with van der Waals surface area (Å²) in [5.41, 5.74) is 7.98. The van der Waals surface area contributed by atoms with Gasteiger partial charge in [-0.15, -0.1) is 12.4 Å². The summed E-state index contributed by atoms with van der Waals surface area (Å²) in [5, 5.41) is 2.84. The first-order valence-corrected chi connectivity index (χ1v) is 7.69. The van der Waals surface area contributed by atoms with Crippen LogP contribution in [0.3, 0.4) is 0 Å². The summed E-state index contributed by atoms with van der Waals surface area (Å²) in [4.78, 5) is 12.3. The Balaban J connectivity index is 0.00000225. The predicted octanol–water partition coefficient (Wildman–Crippen LogP) is 3.56. The number of nitrogens with two attached hydrogens (primary N) is 1. The van der Waals surface area contributed by atoms with Gasteiger partial charge in [0.05, 0.1) is 18.5 Å². The van der Waals surface area contributed by atoms with Gasteiger partial charge in [0, 0.05) is 18.6 Å². The van der Waals surface area contributed by atoms with Crippen LogP contribution in [0.5, 0.6) is 17.2 Å². The van der Waals surface area contributed by atoms with Crippen LogP contribution in [-0.2, 0) is 4.79 Å².